The minimum Gasteiger partial charge on any atom is -0.481 e. The van der Waals surface area contributed by atoms with Crippen LogP contribution in [0.25, 0.3) is 0 Å². The number of hydrogen-bond donors (Lipinski definition) is 2. The lowest BCUT2D eigenvalue weighted by molar-refractivity contribution is -0.136. The Morgan fingerprint density at radius 3 is 2.54 bits per heavy atom. The molecule has 0 radical (unpaired) electrons. The molecule has 78 valence electrons. The van der Waals surface area contributed by atoms with Crippen molar-refractivity contribution in [1.82, 2.24) is 10.2 Å². The van der Waals surface area contributed by atoms with Crippen LogP contribution >= 0.6 is 0 Å². The fraction of sp³-hybridized carbons (Fsp3) is 0.889. The number of nitrogens with one attached hydrogen (secondary N) is 1. The normalized spacial score (nSPS) is 11.2. The van der Waals surface area contributed by atoms with E-state index in [1.54, 1.807) is 0 Å². The van der Waals surface area contributed by atoms with E-state index in [2.05, 4.69) is 31.1 Å². The second kappa shape index (κ2) is 6.86. The van der Waals surface area contributed by atoms with Crippen molar-refractivity contribution in [3.8, 4) is 0 Å². The summed E-state index contributed by atoms with van der Waals surface area (Å²) in [5.74, 6) is -0.746. The molecule has 0 rings (SSSR count). The number of likely N-dealkylation sites (N-methyl/N-ethyl adjacent to an activating group) is 1. The van der Waals surface area contributed by atoms with Crippen molar-refractivity contribution in [3.63, 3.8) is 0 Å². The Hall–Kier alpha value is -0.610. The molecule has 0 bridgehead atoms. The van der Waals surface area contributed by atoms with Gasteiger partial charge in [-0.25, -0.2) is 0 Å². The van der Waals surface area contributed by atoms with Crippen LogP contribution in [0.2, 0.25) is 0 Å². The van der Waals surface area contributed by atoms with Gasteiger partial charge in [-0.05, 0) is 20.9 Å². The molecule has 13 heavy (non-hydrogen) atoms. The smallest absolute Gasteiger partial charge is 0.304 e. The molecule has 0 aliphatic rings. The highest BCUT2D eigenvalue weighted by Crippen LogP contribution is 1.90. The minimum absolute atomic E-state index is 0.200. The summed E-state index contributed by atoms with van der Waals surface area (Å²) in [6.07, 6.45) is 0.200. The van der Waals surface area contributed by atoms with Crippen LogP contribution in [0, 0.1) is 0 Å². The third kappa shape index (κ3) is 7.74. The largest absolute Gasteiger partial charge is 0.481 e. The molecule has 0 aromatic carbocycles. The predicted molar refractivity (Wildman–Crippen MR) is 52.9 cm³/mol. The van der Waals surface area contributed by atoms with Crippen LogP contribution in [0.5, 0.6) is 0 Å². The molecule has 0 fully saturated rings. The van der Waals surface area contributed by atoms with E-state index in [-0.39, 0.29) is 6.42 Å². The van der Waals surface area contributed by atoms with Crippen molar-refractivity contribution in [2.75, 3.05) is 26.7 Å². The molecule has 0 spiro atoms. The third-order valence-corrected chi connectivity index (χ3v) is 2.04. The fourth-order valence-corrected chi connectivity index (χ4v) is 0.834. The maximum Gasteiger partial charge on any atom is 0.304 e. The zero-order valence-electron chi connectivity index (χ0n) is 8.71. The van der Waals surface area contributed by atoms with Crippen molar-refractivity contribution in [1.29, 1.82) is 0 Å². The number of rotatable bonds is 7. The summed E-state index contributed by atoms with van der Waals surface area (Å²) in [5, 5.41) is 11.4. The van der Waals surface area contributed by atoms with Gasteiger partial charge in [-0.15, -0.1) is 0 Å². The first-order valence-corrected chi connectivity index (χ1v) is 4.66. The molecule has 0 saturated heterocycles. The van der Waals surface area contributed by atoms with Crippen LogP contribution in [0.15, 0.2) is 0 Å². The van der Waals surface area contributed by atoms with E-state index in [1.807, 2.05) is 0 Å². The zero-order valence-corrected chi connectivity index (χ0v) is 8.71. The Labute approximate surface area is 79.9 Å². The topological polar surface area (TPSA) is 52.6 Å². The van der Waals surface area contributed by atoms with Crippen LogP contribution in [0.1, 0.15) is 20.3 Å². The number of aliphatic carboxylic acids is 1. The van der Waals surface area contributed by atoms with E-state index in [0.717, 1.165) is 13.1 Å². The number of carbonyl (C=O) groups is 1. The Kier molecular flexibility index (Phi) is 6.54. The maximum atomic E-state index is 10.2. The summed E-state index contributed by atoms with van der Waals surface area (Å²) >= 11 is 0. The Morgan fingerprint density at radius 1 is 1.46 bits per heavy atom. The molecule has 4 heteroatoms. The number of hydrogen-bond acceptors (Lipinski definition) is 3. The quantitative estimate of drug-likeness (QED) is 0.567. The van der Waals surface area contributed by atoms with Gasteiger partial charge in [-0.2, -0.15) is 0 Å². The van der Waals surface area contributed by atoms with Gasteiger partial charge < -0.3 is 15.3 Å². The van der Waals surface area contributed by atoms with Crippen LogP contribution in [0.4, 0.5) is 0 Å². The molecule has 2 N–H and O–H groups in total. The SMILES string of the molecule is CC(C)N(C)CCNCCC(=O)O. The standard InChI is InChI=1S/C9H20N2O2/c1-8(2)11(3)7-6-10-5-4-9(12)13/h8,10H,4-7H2,1-3H3,(H,12,13). The molecule has 0 saturated carbocycles. The van der Waals surface area contributed by atoms with Crippen molar-refractivity contribution >= 4 is 5.97 Å². The summed E-state index contributed by atoms with van der Waals surface area (Å²) in [4.78, 5) is 12.4. The monoisotopic (exact) mass is 188 g/mol. The molecule has 0 aromatic heterocycles. The van der Waals surface area contributed by atoms with E-state index < -0.39 is 5.97 Å². The average Bonchev–Trinajstić information content (AvgIpc) is 2.02. The van der Waals surface area contributed by atoms with Gasteiger partial charge in [0.2, 0.25) is 0 Å². The van der Waals surface area contributed by atoms with Crippen molar-refractivity contribution in [3.05, 3.63) is 0 Å². The minimum atomic E-state index is -0.746. The van der Waals surface area contributed by atoms with Gasteiger partial charge in [0.15, 0.2) is 0 Å². The van der Waals surface area contributed by atoms with E-state index in [1.165, 1.54) is 0 Å². The van der Waals surface area contributed by atoms with E-state index >= 15 is 0 Å². The molecule has 0 aromatic rings. The molecule has 0 amide bonds. The van der Waals surface area contributed by atoms with Gasteiger partial charge in [0.05, 0.1) is 6.42 Å². The second-order valence-electron chi connectivity index (χ2n) is 3.47. The summed E-state index contributed by atoms with van der Waals surface area (Å²) in [5.41, 5.74) is 0. The average molecular weight is 188 g/mol. The second-order valence-corrected chi connectivity index (χ2v) is 3.47. The number of nitrogens with zero attached hydrogens (tertiary/aromatic N) is 1. The van der Waals surface area contributed by atoms with Crippen molar-refractivity contribution < 1.29 is 9.90 Å². The van der Waals surface area contributed by atoms with Gasteiger partial charge in [0.25, 0.3) is 0 Å². The molecular weight excluding hydrogens is 168 g/mol. The van der Waals surface area contributed by atoms with Crippen LogP contribution in [-0.2, 0) is 4.79 Å². The van der Waals surface area contributed by atoms with Crippen LogP contribution < -0.4 is 5.32 Å². The molecule has 0 aliphatic heterocycles. The molecule has 4 nitrogen and oxygen atoms in total. The van der Waals surface area contributed by atoms with Crippen molar-refractivity contribution in [2.24, 2.45) is 0 Å². The van der Waals surface area contributed by atoms with Gasteiger partial charge in [0, 0.05) is 25.7 Å². The van der Waals surface area contributed by atoms with E-state index in [4.69, 9.17) is 5.11 Å². The summed E-state index contributed by atoms with van der Waals surface area (Å²) in [6, 6.07) is 0.543. The summed E-state index contributed by atoms with van der Waals surface area (Å²) in [7, 11) is 2.06. The lowest BCUT2D eigenvalue weighted by atomic mass is 10.3. The Bertz CT molecular complexity index is 149. The van der Waals surface area contributed by atoms with Gasteiger partial charge >= 0.3 is 5.97 Å². The predicted octanol–water partition coefficient (Wildman–Crippen LogP) is 0.391. The zero-order chi connectivity index (χ0) is 10.3. The van der Waals surface area contributed by atoms with Gasteiger partial charge in [0.1, 0.15) is 0 Å². The van der Waals surface area contributed by atoms with E-state index in [0.29, 0.717) is 12.6 Å². The Balaban J connectivity index is 3.21. The first-order valence-electron chi connectivity index (χ1n) is 4.66. The lowest BCUT2D eigenvalue weighted by Gasteiger charge is -2.20. The molecule has 0 aliphatic carbocycles. The number of carboxylic acid groups (broad SMARTS) is 1. The summed E-state index contributed by atoms with van der Waals surface area (Å²) < 4.78 is 0. The van der Waals surface area contributed by atoms with Gasteiger partial charge in [-0.1, -0.05) is 0 Å². The molecular formula is C9H20N2O2. The number of carboxylic acids is 1. The molecule has 0 heterocycles. The Morgan fingerprint density at radius 2 is 2.08 bits per heavy atom. The highest BCUT2D eigenvalue weighted by Gasteiger charge is 2.01. The highest BCUT2D eigenvalue weighted by atomic mass is 16.4. The highest BCUT2D eigenvalue weighted by molar-refractivity contribution is 5.66. The third-order valence-electron chi connectivity index (χ3n) is 2.04. The van der Waals surface area contributed by atoms with Crippen LogP contribution in [0.3, 0.4) is 0 Å². The fourth-order valence-electron chi connectivity index (χ4n) is 0.834. The van der Waals surface area contributed by atoms with Crippen LogP contribution in [-0.4, -0.2) is 48.7 Å². The van der Waals surface area contributed by atoms with Crippen molar-refractivity contribution in [2.45, 2.75) is 26.3 Å². The van der Waals surface area contributed by atoms with E-state index in [9.17, 15) is 4.79 Å². The van der Waals surface area contributed by atoms with Gasteiger partial charge in [-0.3, -0.25) is 4.79 Å². The first kappa shape index (κ1) is 12.4. The first-order chi connectivity index (χ1) is 6.04. The molecule has 0 atom stereocenters. The lowest BCUT2D eigenvalue weighted by Crippen LogP contribution is -2.34. The summed E-state index contributed by atoms with van der Waals surface area (Å²) in [6.45, 7) is 6.63. The molecule has 0 unspecified atom stereocenters. The maximum absolute atomic E-state index is 10.2.